The highest BCUT2D eigenvalue weighted by atomic mass is 16.4. The molecule has 0 radical (unpaired) electrons. The normalized spacial score (nSPS) is 23.1. The van der Waals surface area contributed by atoms with Gasteiger partial charge in [-0.25, -0.2) is 4.79 Å². The summed E-state index contributed by atoms with van der Waals surface area (Å²) in [5.74, 6) is -2.38. The minimum atomic E-state index is -1.45. The highest BCUT2D eigenvalue weighted by molar-refractivity contribution is 6.07. The van der Waals surface area contributed by atoms with E-state index < -0.39 is 29.2 Å². The molecule has 1 saturated heterocycles. The molecule has 0 aliphatic carbocycles. The Morgan fingerprint density at radius 1 is 1.50 bits per heavy atom. The Morgan fingerprint density at radius 3 is 2.29 bits per heavy atom. The molecule has 0 aromatic rings. The van der Waals surface area contributed by atoms with E-state index >= 15 is 0 Å². The quantitative estimate of drug-likeness (QED) is 0.646. The standard InChI is InChI=1S/C9H13NO4/c1-5-4-6(11)10(7(5)12)9(2,3)8(13)14/h5H,4H2,1-3H3,(H,13,14). The van der Waals surface area contributed by atoms with Gasteiger partial charge in [-0.2, -0.15) is 0 Å². The number of nitrogens with zero attached hydrogens (tertiary/aromatic N) is 1. The number of hydrogen-bond donors (Lipinski definition) is 1. The number of amides is 2. The minimum Gasteiger partial charge on any atom is -0.480 e. The molecule has 1 aliphatic rings. The fourth-order valence-electron chi connectivity index (χ4n) is 1.47. The van der Waals surface area contributed by atoms with Crippen LogP contribution in [0.4, 0.5) is 0 Å². The van der Waals surface area contributed by atoms with Gasteiger partial charge in [0.2, 0.25) is 11.8 Å². The van der Waals surface area contributed by atoms with E-state index in [4.69, 9.17) is 5.11 Å². The van der Waals surface area contributed by atoms with Crippen LogP contribution in [-0.4, -0.2) is 33.3 Å². The van der Waals surface area contributed by atoms with Crippen molar-refractivity contribution < 1.29 is 19.5 Å². The summed E-state index contributed by atoms with van der Waals surface area (Å²) in [6.07, 6.45) is 0.107. The third-order valence-electron chi connectivity index (χ3n) is 2.45. The van der Waals surface area contributed by atoms with E-state index in [9.17, 15) is 14.4 Å². The molecular formula is C9H13NO4. The molecule has 1 unspecified atom stereocenters. The second-order valence-electron chi connectivity index (χ2n) is 4.04. The van der Waals surface area contributed by atoms with Gasteiger partial charge in [0.15, 0.2) is 0 Å². The van der Waals surface area contributed by atoms with Gasteiger partial charge >= 0.3 is 5.97 Å². The van der Waals surface area contributed by atoms with Crippen molar-refractivity contribution in [1.82, 2.24) is 4.90 Å². The first-order valence-corrected chi connectivity index (χ1v) is 4.38. The van der Waals surface area contributed by atoms with Crippen LogP contribution in [0.3, 0.4) is 0 Å². The summed E-state index contributed by atoms with van der Waals surface area (Å²) in [5.41, 5.74) is -1.45. The molecule has 78 valence electrons. The van der Waals surface area contributed by atoms with Gasteiger partial charge in [0.05, 0.1) is 0 Å². The summed E-state index contributed by atoms with van der Waals surface area (Å²) in [6, 6.07) is 0. The van der Waals surface area contributed by atoms with Crippen LogP contribution in [0.25, 0.3) is 0 Å². The fraction of sp³-hybridized carbons (Fsp3) is 0.667. The molecule has 1 N–H and O–H groups in total. The number of likely N-dealkylation sites (tertiary alicyclic amines) is 1. The van der Waals surface area contributed by atoms with E-state index in [1.54, 1.807) is 6.92 Å². The summed E-state index contributed by atoms with van der Waals surface area (Å²) >= 11 is 0. The Hall–Kier alpha value is -1.39. The van der Waals surface area contributed by atoms with E-state index in [0.29, 0.717) is 0 Å². The van der Waals surface area contributed by atoms with E-state index in [1.165, 1.54) is 13.8 Å². The lowest BCUT2D eigenvalue weighted by molar-refractivity contribution is -0.160. The number of aliphatic carboxylic acids is 1. The lowest BCUT2D eigenvalue weighted by atomic mass is 10.0. The summed E-state index contributed by atoms with van der Waals surface area (Å²) in [7, 11) is 0. The lowest BCUT2D eigenvalue weighted by Crippen LogP contribution is -2.53. The van der Waals surface area contributed by atoms with Gasteiger partial charge in [-0.3, -0.25) is 14.5 Å². The molecule has 1 fully saturated rings. The molecule has 1 atom stereocenters. The van der Waals surface area contributed by atoms with E-state index in [0.717, 1.165) is 4.90 Å². The van der Waals surface area contributed by atoms with Crippen LogP contribution in [-0.2, 0) is 14.4 Å². The molecule has 5 nitrogen and oxygen atoms in total. The number of carboxylic acids is 1. The Labute approximate surface area is 81.7 Å². The number of hydrogen-bond acceptors (Lipinski definition) is 3. The van der Waals surface area contributed by atoms with Crippen LogP contribution < -0.4 is 0 Å². The molecule has 0 saturated carbocycles. The molecule has 0 spiro atoms. The zero-order valence-electron chi connectivity index (χ0n) is 8.40. The highest BCUT2D eigenvalue weighted by Gasteiger charge is 2.47. The van der Waals surface area contributed by atoms with Crippen molar-refractivity contribution in [1.29, 1.82) is 0 Å². The predicted molar refractivity (Wildman–Crippen MR) is 47.3 cm³/mol. The van der Waals surface area contributed by atoms with E-state index in [2.05, 4.69) is 0 Å². The largest absolute Gasteiger partial charge is 0.480 e. The zero-order valence-corrected chi connectivity index (χ0v) is 8.40. The van der Waals surface area contributed by atoms with Crippen molar-refractivity contribution in [2.24, 2.45) is 5.92 Å². The topological polar surface area (TPSA) is 74.7 Å². The third kappa shape index (κ3) is 1.38. The maximum Gasteiger partial charge on any atom is 0.329 e. The van der Waals surface area contributed by atoms with Crippen LogP contribution in [0.15, 0.2) is 0 Å². The maximum atomic E-state index is 11.5. The van der Waals surface area contributed by atoms with Gasteiger partial charge in [-0.15, -0.1) is 0 Å². The van der Waals surface area contributed by atoms with Crippen LogP contribution in [0.1, 0.15) is 27.2 Å². The molecular weight excluding hydrogens is 186 g/mol. The molecule has 14 heavy (non-hydrogen) atoms. The van der Waals surface area contributed by atoms with Gasteiger partial charge in [0.25, 0.3) is 0 Å². The van der Waals surface area contributed by atoms with Crippen LogP contribution in [0.2, 0.25) is 0 Å². The molecule has 0 aromatic heterocycles. The second-order valence-corrected chi connectivity index (χ2v) is 4.04. The number of rotatable bonds is 2. The maximum absolute atomic E-state index is 11.5. The van der Waals surface area contributed by atoms with Crippen LogP contribution >= 0.6 is 0 Å². The van der Waals surface area contributed by atoms with Gasteiger partial charge in [-0.05, 0) is 13.8 Å². The van der Waals surface area contributed by atoms with Gasteiger partial charge < -0.3 is 5.11 Å². The van der Waals surface area contributed by atoms with Gasteiger partial charge in [0, 0.05) is 12.3 Å². The van der Waals surface area contributed by atoms with E-state index in [1.807, 2.05) is 0 Å². The molecule has 5 heteroatoms. The second kappa shape index (κ2) is 3.08. The van der Waals surface area contributed by atoms with Crippen LogP contribution in [0.5, 0.6) is 0 Å². The lowest BCUT2D eigenvalue weighted by Gasteiger charge is -2.29. The summed E-state index contributed by atoms with van der Waals surface area (Å²) in [5, 5.41) is 8.88. The summed E-state index contributed by atoms with van der Waals surface area (Å²) < 4.78 is 0. The first-order chi connectivity index (χ1) is 6.28. The van der Waals surface area contributed by atoms with Crippen molar-refractivity contribution in [3.05, 3.63) is 0 Å². The average Bonchev–Trinajstić information content (AvgIpc) is 2.26. The SMILES string of the molecule is CC1CC(=O)N(C(C)(C)C(=O)O)C1=O. The molecule has 0 aromatic carbocycles. The monoisotopic (exact) mass is 199 g/mol. The smallest absolute Gasteiger partial charge is 0.329 e. The summed E-state index contributed by atoms with van der Waals surface area (Å²) in [4.78, 5) is 34.6. The van der Waals surface area contributed by atoms with Crippen molar-refractivity contribution >= 4 is 17.8 Å². The first-order valence-electron chi connectivity index (χ1n) is 4.38. The molecule has 2 amide bonds. The number of imide groups is 1. The van der Waals surface area contributed by atoms with Crippen molar-refractivity contribution in [3.63, 3.8) is 0 Å². The Morgan fingerprint density at radius 2 is 2.00 bits per heavy atom. The Kier molecular flexibility index (Phi) is 2.35. The Bertz CT molecular complexity index is 308. The van der Waals surface area contributed by atoms with Crippen molar-refractivity contribution in [2.45, 2.75) is 32.7 Å². The fourth-order valence-corrected chi connectivity index (χ4v) is 1.47. The van der Waals surface area contributed by atoms with Crippen molar-refractivity contribution in [2.75, 3.05) is 0 Å². The van der Waals surface area contributed by atoms with Gasteiger partial charge in [-0.1, -0.05) is 6.92 Å². The molecule has 1 rings (SSSR count). The van der Waals surface area contributed by atoms with Crippen LogP contribution in [0, 0.1) is 5.92 Å². The van der Waals surface area contributed by atoms with Crippen molar-refractivity contribution in [3.8, 4) is 0 Å². The van der Waals surface area contributed by atoms with E-state index in [-0.39, 0.29) is 6.42 Å². The predicted octanol–water partition coefficient (Wildman–Crippen LogP) is 0.245. The number of carbonyl (C=O) groups is 3. The average molecular weight is 199 g/mol. The molecule has 1 aliphatic heterocycles. The summed E-state index contributed by atoms with van der Waals surface area (Å²) in [6.45, 7) is 4.32. The first kappa shape index (κ1) is 10.7. The third-order valence-corrected chi connectivity index (χ3v) is 2.45. The molecule has 1 heterocycles. The zero-order chi connectivity index (χ0) is 11.1. The minimum absolute atomic E-state index is 0.107. The molecule has 0 bridgehead atoms. The Balaban J connectivity index is 3.04. The highest BCUT2D eigenvalue weighted by Crippen LogP contribution is 2.27. The van der Waals surface area contributed by atoms with Gasteiger partial charge in [0.1, 0.15) is 5.54 Å². The number of carbonyl (C=O) groups excluding carboxylic acids is 2. The number of carboxylic acid groups (broad SMARTS) is 1.